The molecule has 0 fully saturated rings. The zero-order chi connectivity index (χ0) is 12.0. The average molecular weight is 242 g/mol. The largest absolute Gasteiger partial charge is 0.487 e. The Morgan fingerprint density at radius 3 is 2.44 bits per heavy atom. The fraction of sp³-hybridized carbons (Fsp3) is 0.538. The van der Waals surface area contributed by atoms with Gasteiger partial charge in [0.15, 0.2) is 0 Å². The summed E-state index contributed by atoms with van der Waals surface area (Å²) in [7, 11) is 0. The van der Waals surface area contributed by atoms with Crippen LogP contribution in [0.3, 0.4) is 0 Å². The molecule has 1 aromatic carbocycles. The van der Waals surface area contributed by atoms with E-state index in [-0.39, 0.29) is 5.60 Å². The first-order valence-corrected chi connectivity index (χ1v) is 6.06. The summed E-state index contributed by atoms with van der Waals surface area (Å²) in [6.07, 6.45) is 1.14. The zero-order valence-electron chi connectivity index (χ0n) is 10.2. The van der Waals surface area contributed by atoms with E-state index in [0.29, 0.717) is 0 Å². The lowest BCUT2D eigenvalue weighted by molar-refractivity contribution is 0.108. The zero-order valence-corrected chi connectivity index (χ0v) is 11.0. The second-order valence-corrected chi connectivity index (χ2v) is 4.93. The summed E-state index contributed by atoms with van der Waals surface area (Å²) >= 11 is 5.82. The fourth-order valence-electron chi connectivity index (χ4n) is 1.42. The minimum atomic E-state index is -0.205. The van der Waals surface area contributed by atoms with Gasteiger partial charge in [0, 0.05) is 11.6 Å². The van der Waals surface area contributed by atoms with Crippen LogP contribution in [0.5, 0.6) is 5.75 Å². The van der Waals surface area contributed by atoms with Crippen molar-refractivity contribution in [1.82, 2.24) is 5.32 Å². The van der Waals surface area contributed by atoms with Crippen LogP contribution < -0.4 is 10.1 Å². The summed E-state index contributed by atoms with van der Waals surface area (Å²) in [4.78, 5) is 0. The van der Waals surface area contributed by atoms with E-state index in [1.54, 1.807) is 0 Å². The van der Waals surface area contributed by atoms with Crippen molar-refractivity contribution in [3.8, 4) is 5.75 Å². The van der Waals surface area contributed by atoms with Gasteiger partial charge in [-0.1, -0.05) is 18.5 Å². The lowest BCUT2D eigenvalue weighted by atomic mass is 10.1. The maximum atomic E-state index is 5.88. The van der Waals surface area contributed by atoms with Gasteiger partial charge in [0.2, 0.25) is 0 Å². The van der Waals surface area contributed by atoms with Crippen LogP contribution in [0.25, 0.3) is 0 Å². The van der Waals surface area contributed by atoms with Gasteiger partial charge in [-0.25, -0.2) is 0 Å². The summed E-state index contributed by atoms with van der Waals surface area (Å²) < 4.78 is 5.88. The Labute approximate surface area is 103 Å². The maximum Gasteiger partial charge on any atom is 0.120 e. The highest BCUT2D eigenvalue weighted by atomic mass is 35.5. The van der Waals surface area contributed by atoms with E-state index in [1.807, 2.05) is 24.3 Å². The molecular formula is C13H20ClNO. The molecule has 0 spiro atoms. The van der Waals surface area contributed by atoms with Gasteiger partial charge in [-0.3, -0.25) is 0 Å². The Balaban J connectivity index is 2.48. The highest BCUT2D eigenvalue weighted by Gasteiger charge is 2.18. The van der Waals surface area contributed by atoms with Gasteiger partial charge >= 0.3 is 0 Å². The van der Waals surface area contributed by atoms with Gasteiger partial charge in [-0.05, 0) is 51.1 Å². The summed E-state index contributed by atoms with van der Waals surface area (Å²) in [6.45, 7) is 8.16. The smallest absolute Gasteiger partial charge is 0.120 e. The van der Waals surface area contributed by atoms with Gasteiger partial charge < -0.3 is 10.1 Å². The second kappa shape index (κ2) is 6.12. The lowest BCUT2D eigenvalue weighted by Crippen LogP contribution is -2.40. The standard InChI is InChI=1S/C13H20ClNO/c1-4-9-15-10-13(2,3)16-12-7-5-11(14)6-8-12/h5-8,15H,4,9-10H2,1-3H3. The van der Waals surface area contributed by atoms with Gasteiger partial charge in [0.25, 0.3) is 0 Å². The molecule has 0 aliphatic carbocycles. The second-order valence-electron chi connectivity index (χ2n) is 4.49. The molecule has 3 heteroatoms. The predicted octanol–water partition coefficient (Wildman–Crippen LogP) is 3.50. The van der Waals surface area contributed by atoms with E-state index in [2.05, 4.69) is 26.1 Å². The molecule has 0 radical (unpaired) electrons. The monoisotopic (exact) mass is 241 g/mol. The third-order valence-corrected chi connectivity index (χ3v) is 2.44. The van der Waals surface area contributed by atoms with Gasteiger partial charge in [0.1, 0.15) is 11.4 Å². The predicted molar refractivity (Wildman–Crippen MR) is 69.3 cm³/mol. The number of halogens is 1. The molecule has 1 aromatic rings. The van der Waals surface area contributed by atoms with Crippen LogP contribution in [-0.4, -0.2) is 18.7 Å². The first-order valence-electron chi connectivity index (χ1n) is 5.69. The number of rotatable bonds is 6. The number of hydrogen-bond donors (Lipinski definition) is 1. The van der Waals surface area contributed by atoms with Crippen LogP contribution in [0.4, 0.5) is 0 Å². The average Bonchev–Trinajstić information content (AvgIpc) is 2.21. The minimum Gasteiger partial charge on any atom is -0.487 e. The summed E-state index contributed by atoms with van der Waals surface area (Å²) in [5.74, 6) is 0.854. The third-order valence-electron chi connectivity index (χ3n) is 2.19. The Bertz CT molecular complexity index is 308. The van der Waals surface area contributed by atoms with E-state index in [0.717, 1.165) is 30.3 Å². The number of benzene rings is 1. The lowest BCUT2D eigenvalue weighted by Gasteiger charge is -2.26. The van der Waals surface area contributed by atoms with E-state index >= 15 is 0 Å². The van der Waals surface area contributed by atoms with Gasteiger partial charge in [-0.2, -0.15) is 0 Å². The number of nitrogens with one attached hydrogen (secondary N) is 1. The van der Waals surface area contributed by atoms with Crippen molar-refractivity contribution in [1.29, 1.82) is 0 Å². The third kappa shape index (κ3) is 4.86. The van der Waals surface area contributed by atoms with Crippen LogP contribution in [0.1, 0.15) is 27.2 Å². The highest BCUT2D eigenvalue weighted by Crippen LogP contribution is 2.20. The van der Waals surface area contributed by atoms with Crippen molar-refractivity contribution in [2.24, 2.45) is 0 Å². The van der Waals surface area contributed by atoms with Crippen LogP contribution >= 0.6 is 11.6 Å². The first kappa shape index (κ1) is 13.3. The Morgan fingerprint density at radius 2 is 1.88 bits per heavy atom. The van der Waals surface area contributed by atoms with E-state index in [4.69, 9.17) is 16.3 Å². The van der Waals surface area contributed by atoms with E-state index in [9.17, 15) is 0 Å². The quantitative estimate of drug-likeness (QED) is 0.770. The van der Waals surface area contributed by atoms with Crippen LogP contribution in [0, 0.1) is 0 Å². The molecule has 0 saturated carbocycles. The van der Waals surface area contributed by atoms with Crippen LogP contribution in [0.15, 0.2) is 24.3 Å². The van der Waals surface area contributed by atoms with Crippen molar-refractivity contribution in [3.63, 3.8) is 0 Å². The molecule has 0 bridgehead atoms. The van der Waals surface area contributed by atoms with Crippen LogP contribution in [0.2, 0.25) is 5.02 Å². The molecule has 16 heavy (non-hydrogen) atoms. The van der Waals surface area contributed by atoms with Crippen molar-refractivity contribution >= 4 is 11.6 Å². The molecule has 0 atom stereocenters. The van der Waals surface area contributed by atoms with Crippen molar-refractivity contribution < 1.29 is 4.74 Å². The molecule has 0 amide bonds. The van der Waals surface area contributed by atoms with Gasteiger partial charge in [-0.15, -0.1) is 0 Å². The topological polar surface area (TPSA) is 21.3 Å². The molecule has 0 heterocycles. The molecule has 0 aliphatic rings. The Kier molecular flexibility index (Phi) is 5.10. The highest BCUT2D eigenvalue weighted by molar-refractivity contribution is 6.30. The molecule has 2 nitrogen and oxygen atoms in total. The fourth-order valence-corrected chi connectivity index (χ4v) is 1.55. The van der Waals surface area contributed by atoms with Crippen molar-refractivity contribution in [2.75, 3.05) is 13.1 Å². The minimum absolute atomic E-state index is 0.205. The van der Waals surface area contributed by atoms with Crippen molar-refractivity contribution in [2.45, 2.75) is 32.8 Å². The first-order chi connectivity index (χ1) is 7.53. The van der Waals surface area contributed by atoms with Crippen molar-refractivity contribution in [3.05, 3.63) is 29.3 Å². The molecule has 0 aromatic heterocycles. The maximum absolute atomic E-state index is 5.88. The summed E-state index contributed by atoms with van der Waals surface area (Å²) in [5, 5.41) is 4.09. The Morgan fingerprint density at radius 1 is 1.25 bits per heavy atom. The van der Waals surface area contributed by atoms with Crippen LogP contribution in [-0.2, 0) is 0 Å². The molecule has 90 valence electrons. The molecule has 0 saturated heterocycles. The van der Waals surface area contributed by atoms with E-state index in [1.165, 1.54) is 0 Å². The SMILES string of the molecule is CCCNCC(C)(C)Oc1ccc(Cl)cc1. The number of ether oxygens (including phenoxy) is 1. The van der Waals surface area contributed by atoms with E-state index < -0.39 is 0 Å². The number of hydrogen-bond acceptors (Lipinski definition) is 2. The summed E-state index contributed by atoms with van der Waals surface area (Å²) in [6, 6.07) is 7.46. The molecular weight excluding hydrogens is 222 g/mol. The molecule has 0 aliphatic heterocycles. The normalized spacial score (nSPS) is 11.5. The Hall–Kier alpha value is -0.730. The molecule has 1 N–H and O–H groups in total. The van der Waals surface area contributed by atoms with Gasteiger partial charge in [0.05, 0.1) is 0 Å². The molecule has 0 unspecified atom stereocenters. The summed E-state index contributed by atoms with van der Waals surface area (Å²) in [5.41, 5.74) is -0.205. The molecule has 1 rings (SSSR count).